The minimum absolute atomic E-state index is 0. The number of rotatable bonds is 5. The van der Waals surface area contributed by atoms with Crippen LogP contribution in [0.4, 0.5) is 16.3 Å². The molecule has 3 aromatic rings. The summed E-state index contributed by atoms with van der Waals surface area (Å²) in [6.45, 7) is 2.89. The van der Waals surface area contributed by atoms with Gasteiger partial charge in [0, 0.05) is 37.8 Å². The van der Waals surface area contributed by atoms with Gasteiger partial charge in [-0.25, -0.2) is 19.7 Å². The van der Waals surface area contributed by atoms with Crippen molar-refractivity contribution in [3.63, 3.8) is 0 Å². The second kappa shape index (κ2) is 8.86. The van der Waals surface area contributed by atoms with Gasteiger partial charge in [0.05, 0.1) is 25.5 Å². The molecule has 0 aliphatic carbocycles. The lowest BCUT2D eigenvalue weighted by Gasteiger charge is -2.17. The average Bonchev–Trinajstić information content (AvgIpc) is 3.32. The summed E-state index contributed by atoms with van der Waals surface area (Å²) in [4.78, 5) is 38.0. The summed E-state index contributed by atoms with van der Waals surface area (Å²) in [7, 11) is 1.52. The Hall–Kier alpha value is -3.89. The van der Waals surface area contributed by atoms with Crippen LogP contribution in [-0.4, -0.2) is 58.3 Å². The Balaban J connectivity index is 0.00000272. The molecule has 3 N–H and O–H groups in total. The second-order valence-electron chi connectivity index (χ2n) is 6.85. The number of aryl methyl sites for hydroxylation is 1. The number of carboxylic acid groups (broad SMARTS) is 1. The lowest BCUT2D eigenvalue weighted by atomic mass is 10.2. The Labute approximate surface area is 178 Å². The molecule has 2 amide bonds. The van der Waals surface area contributed by atoms with E-state index in [1.807, 2.05) is 4.90 Å². The number of hydrogen-bond donors (Lipinski definition) is 3. The van der Waals surface area contributed by atoms with Crippen LogP contribution in [0.5, 0.6) is 5.75 Å². The molecular formula is C20H24N6O5. The summed E-state index contributed by atoms with van der Waals surface area (Å²) in [5, 5.41) is 14.0. The number of nitrogens with one attached hydrogen (secondary N) is 2. The highest BCUT2D eigenvalue weighted by molar-refractivity contribution is 6.03. The zero-order valence-electron chi connectivity index (χ0n) is 16.4. The van der Waals surface area contributed by atoms with Gasteiger partial charge < -0.3 is 29.8 Å². The number of fused-ring (bicyclic) bond motifs is 1. The highest BCUT2D eigenvalue weighted by atomic mass is 16.5. The highest BCUT2D eigenvalue weighted by Crippen LogP contribution is 2.30. The Bertz CT molecular complexity index is 1100. The largest absolute Gasteiger partial charge is 0.494 e. The summed E-state index contributed by atoms with van der Waals surface area (Å²) in [5.41, 5.74) is 1.71. The third-order valence-electron chi connectivity index (χ3n) is 4.76. The number of aromatic nitrogens is 3. The Morgan fingerprint density at radius 1 is 1.29 bits per heavy atom. The fourth-order valence-corrected chi connectivity index (χ4v) is 3.40. The summed E-state index contributed by atoms with van der Waals surface area (Å²) in [5.74, 6) is 1.13. The smallest absolute Gasteiger partial charge is 0.404 e. The van der Waals surface area contributed by atoms with Gasteiger partial charge in [-0.05, 0) is 6.42 Å². The van der Waals surface area contributed by atoms with Gasteiger partial charge in [0.15, 0.2) is 22.7 Å². The van der Waals surface area contributed by atoms with E-state index in [0.717, 1.165) is 0 Å². The van der Waals surface area contributed by atoms with Gasteiger partial charge in [-0.3, -0.25) is 4.79 Å². The predicted molar refractivity (Wildman–Crippen MR) is 114 cm³/mol. The average molecular weight is 428 g/mol. The molecule has 11 heteroatoms. The van der Waals surface area contributed by atoms with Crippen LogP contribution in [0.2, 0.25) is 0 Å². The molecule has 1 aromatic carbocycles. The van der Waals surface area contributed by atoms with E-state index in [2.05, 4.69) is 25.6 Å². The number of carbonyl (C=O) groups excluding carboxylic acids is 1. The lowest BCUT2D eigenvalue weighted by molar-refractivity contribution is 0.102. The van der Waals surface area contributed by atoms with Crippen LogP contribution >= 0.6 is 0 Å². The first-order valence-electron chi connectivity index (χ1n) is 9.26. The van der Waals surface area contributed by atoms with E-state index in [9.17, 15) is 9.59 Å². The van der Waals surface area contributed by atoms with Gasteiger partial charge in [-0.1, -0.05) is 7.43 Å². The van der Waals surface area contributed by atoms with Gasteiger partial charge in [0.25, 0.3) is 5.91 Å². The van der Waals surface area contributed by atoms with Crippen LogP contribution in [0, 0.1) is 6.92 Å². The van der Waals surface area contributed by atoms with E-state index in [4.69, 9.17) is 14.3 Å². The van der Waals surface area contributed by atoms with E-state index in [1.54, 1.807) is 19.1 Å². The molecule has 1 fully saturated rings. The van der Waals surface area contributed by atoms with Gasteiger partial charge in [0.2, 0.25) is 0 Å². The van der Waals surface area contributed by atoms with E-state index in [1.165, 1.54) is 19.5 Å². The number of carbonyl (C=O) groups is 2. The van der Waals surface area contributed by atoms with E-state index < -0.39 is 12.0 Å². The number of benzene rings is 1. The van der Waals surface area contributed by atoms with Gasteiger partial charge in [-0.15, -0.1) is 0 Å². The molecule has 1 aliphatic rings. The molecule has 1 atom stereocenters. The van der Waals surface area contributed by atoms with Crippen LogP contribution in [0.15, 0.2) is 28.9 Å². The standard InChI is InChI=1S/C19H20N6O5.CH4/c1-10-22-17-14(29-2)5-12(6-15(17)30-10)23-18(26)13-7-21-16(8-20-13)25-4-3-11(9-25)24-19(27)28;/h5-8,11,24H,3-4,9H2,1-2H3,(H,23,26)(H,27,28);1H4/t11-;/m1./s1. The van der Waals surface area contributed by atoms with Crippen LogP contribution in [-0.2, 0) is 0 Å². The number of anilines is 2. The molecule has 0 saturated carbocycles. The van der Waals surface area contributed by atoms with E-state index >= 15 is 0 Å². The topological polar surface area (TPSA) is 143 Å². The molecule has 1 aliphatic heterocycles. The van der Waals surface area contributed by atoms with Crippen molar-refractivity contribution in [3.8, 4) is 5.75 Å². The zero-order valence-corrected chi connectivity index (χ0v) is 16.4. The molecule has 0 unspecified atom stereocenters. The van der Waals surface area contributed by atoms with Crippen molar-refractivity contribution in [2.24, 2.45) is 0 Å². The first-order valence-corrected chi connectivity index (χ1v) is 9.26. The number of methoxy groups -OCH3 is 1. The molecule has 4 rings (SSSR count). The second-order valence-corrected chi connectivity index (χ2v) is 6.85. The van der Waals surface area contributed by atoms with Crippen molar-refractivity contribution < 1.29 is 23.8 Å². The maximum absolute atomic E-state index is 12.6. The lowest BCUT2D eigenvalue weighted by Crippen LogP contribution is -2.36. The first kappa shape index (κ1) is 21.8. The Morgan fingerprint density at radius 2 is 2.10 bits per heavy atom. The van der Waals surface area contributed by atoms with Crippen molar-refractivity contribution in [1.29, 1.82) is 0 Å². The minimum Gasteiger partial charge on any atom is -0.494 e. The Kier molecular flexibility index (Phi) is 6.23. The molecule has 0 radical (unpaired) electrons. The quantitative estimate of drug-likeness (QED) is 0.559. The molecule has 1 saturated heterocycles. The normalized spacial score (nSPS) is 15.4. The van der Waals surface area contributed by atoms with Crippen LogP contribution < -0.4 is 20.3 Å². The zero-order chi connectivity index (χ0) is 21.3. The van der Waals surface area contributed by atoms with Crippen LogP contribution in [0.1, 0.15) is 30.2 Å². The number of hydrogen-bond acceptors (Lipinski definition) is 8. The number of oxazole rings is 1. The summed E-state index contributed by atoms with van der Waals surface area (Å²) < 4.78 is 10.9. The van der Waals surface area contributed by atoms with E-state index in [-0.39, 0.29) is 19.2 Å². The molecular weight excluding hydrogens is 404 g/mol. The number of ether oxygens (including phenoxy) is 1. The predicted octanol–water partition coefficient (Wildman–Crippen LogP) is 2.67. The molecule has 31 heavy (non-hydrogen) atoms. The third-order valence-corrected chi connectivity index (χ3v) is 4.76. The molecule has 0 bridgehead atoms. The SMILES string of the molecule is C.COc1cc(NC(=O)c2cnc(N3CC[C@@H](NC(=O)O)C3)cn2)cc2oc(C)nc12. The minimum atomic E-state index is -1.05. The number of nitrogens with zero attached hydrogens (tertiary/aromatic N) is 4. The maximum atomic E-state index is 12.6. The molecule has 3 heterocycles. The maximum Gasteiger partial charge on any atom is 0.404 e. The van der Waals surface area contributed by atoms with Crippen molar-refractivity contribution in [2.45, 2.75) is 26.8 Å². The monoisotopic (exact) mass is 428 g/mol. The van der Waals surface area contributed by atoms with Crippen LogP contribution in [0.25, 0.3) is 11.1 Å². The first-order chi connectivity index (χ1) is 14.4. The van der Waals surface area contributed by atoms with Gasteiger partial charge >= 0.3 is 6.09 Å². The van der Waals surface area contributed by atoms with Crippen LogP contribution in [0.3, 0.4) is 0 Å². The fourth-order valence-electron chi connectivity index (χ4n) is 3.40. The van der Waals surface area contributed by atoms with Crippen molar-refractivity contribution in [3.05, 3.63) is 36.1 Å². The Morgan fingerprint density at radius 3 is 2.77 bits per heavy atom. The van der Waals surface area contributed by atoms with Crippen molar-refractivity contribution >= 4 is 34.6 Å². The van der Waals surface area contributed by atoms with Gasteiger partial charge in [-0.2, -0.15) is 0 Å². The van der Waals surface area contributed by atoms with Crippen molar-refractivity contribution in [2.75, 3.05) is 30.4 Å². The summed E-state index contributed by atoms with van der Waals surface area (Å²) in [6, 6.07) is 3.16. The molecule has 2 aromatic heterocycles. The van der Waals surface area contributed by atoms with Gasteiger partial charge in [0.1, 0.15) is 11.5 Å². The van der Waals surface area contributed by atoms with Crippen molar-refractivity contribution in [1.82, 2.24) is 20.3 Å². The molecule has 0 spiro atoms. The summed E-state index contributed by atoms with van der Waals surface area (Å²) >= 11 is 0. The molecule has 11 nitrogen and oxygen atoms in total. The number of amides is 2. The van der Waals surface area contributed by atoms with E-state index in [0.29, 0.717) is 53.8 Å². The highest BCUT2D eigenvalue weighted by Gasteiger charge is 2.25. The molecule has 164 valence electrons. The summed E-state index contributed by atoms with van der Waals surface area (Å²) in [6.07, 6.45) is 2.52. The fraction of sp³-hybridized carbons (Fsp3) is 0.350. The third kappa shape index (κ3) is 4.65.